The Labute approximate surface area is 292 Å². The zero-order chi connectivity index (χ0) is 34.8. The van der Waals surface area contributed by atoms with Gasteiger partial charge in [0.1, 0.15) is 6.61 Å². The summed E-state index contributed by atoms with van der Waals surface area (Å²) >= 11 is 18.7. The fourth-order valence-corrected chi connectivity index (χ4v) is 5.35. The molecule has 3 amide bonds. The van der Waals surface area contributed by atoms with E-state index in [2.05, 4.69) is 21.2 Å². The number of urea groups is 1. The quantitative estimate of drug-likeness (QED) is 0.0993. The molecule has 0 aromatic heterocycles. The van der Waals surface area contributed by atoms with Crippen LogP contribution in [0, 0.1) is 0 Å². The van der Waals surface area contributed by atoms with Crippen LogP contribution < -0.4 is 35.0 Å². The summed E-state index contributed by atoms with van der Waals surface area (Å²) in [7, 11) is 1.43. The Morgan fingerprint density at radius 1 is 0.938 bits per heavy atom. The van der Waals surface area contributed by atoms with Gasteiger partial charge in [0.2, 0.25) is 0 Å². The second kappa shape index (κ2) is 17.0. The van der Waals surface area contributed by atoms with Crippen molar-refractivity contribution < 1.29 is 38.1 Å². The molecule has 1 heterocycles. The Bertz CT molecular complexity index is 1750. The van der Waals surface area contributed by atoms with Crippen molar-refractivity contribution in [1.82, 2.24) is 16.1 Å². The number of esters is 1. The molecule has 12 nitrogen and oxygen atoms in total. The van der Waals surface area contributed by atoms with E-state index in [9.17, 15) is 14.4 Å². The van der Waals surface area contributed by atoms with Gasteiger partial charge in [0.05, 0.1) is 43.2 Å². The zero-order valence-corrected chi connectivity index (χ0v) is 28.7. The van der Waals surface area contributed by atoms with E-state index in [1.807, 2.05) is 6.92 Å². The SMILES string of the molecule is CCOC(=O)C1=C(C)NC(=O)N[C@H]1c1ccc(OCC(=O)N/N=C\c2cc(Cl)c(OCc3ccc(Cl)cc3Cl)c(OCC)c2)c(OC)c1. The minimum absolute atomic E-state index is 0.132. The van der Waals surface area contributed by atoms with Crippen molar-refractivity contribution in [2.75, 3.05) is 26.9 Å². The largest absolute Gasteiger partial charge is 0.493 e. The van der Waals surface area contributed by atoms with E-state index in [0.717, 1.165) is 5.56 Å². The van der Waals surface area contributed by atoms with E-state index in [1.54, 1.807) is 62.4 Å². The molecule has 0 saturated carbocycles. The third-order valence-corrected chi connectivity index (χ3v) is 7.63. The number of amides is 3. The molecule has 48 heavy (non-hydrogen) atoms. The first-order valence-corrected chi connectivity index (χ1v) is 15.8. The van der Waals surface area contributed by atoms with Crippen LogP contribution in [0.3, 0.4) is 0 Å². The van der Waals surface area contributed by atoms with Gasteiger partial charge >= 0.3 is 12.0 Å². The second-order valence-corrected chi connectivity index (χ2v) is 11.3. The first-order valence-electron chi connectivity index (χ1n) is 14.7. The summed E-state index contributed by atoms with van der Waals surface area (Å²) in [6.07, 6.45) is 1.39. The summed E-state index contributed by atoms with van der Waals surface area (Å²) in [6, 6.07) is 11.9. The molecule has 1 aliphatic heterocycles. The molecule has 0 fully saturated rings. The highest BCUT2D eigenvalue weighted by molar-refractivity contribution is 6.35. The van der Waals surface area contributed by atoms with Gasteiger partial charge in [-0.1, -0.05) is 46.9 Å². The third-order valence-electron chi connectivity index (χ3n) is 6.77. The van der Waals surface area contributed by atoms with Crippen molar-refractivity contribution in [2.24, 2.45) is 5.10 Å². The van der Waals surface area contributed by atoms with Crippen LogP contribution in [0.25, 0.3) is 0 Å². The standard InChI is InChI=1S/C33H33Cl3N4O8/c1-5-45-27-12-19(11-24(36)31(27)48-16-21-7-9-22(34)14-23(21)35)15-37-40-28(41)17-47-25-10-8-20(13-26(25)44-4)30-29(32(42)46-6-2)18(3)38-33(43)39-30/h7-15,30H,5-6,16-17H2,1-4H3,(H,40,41)(H2,38,39,43)/b37-15-/t30-/m0/s1. The Morgan fingerprint density at radius 3 is 2.44 bits per heavy atom. The highest BCUT2D eigenvalue weighted by Gasteiger charge is 2.32. The van der Waals surface area contributed by atoms with E-state index in [1.165, 1.54) is 13.3 Å². The van der Waals surface area contributed by atoms with Gasteiger partial charge in [0.15, 0.2) is 29.6 Å². The van der Waals surface area contributed by atoms with Crippen LogP contribution in [-0.2, 0) is 20.9 Å². The molecular weight excluding hydrogens is 687 g/mol. The number of carbonyl (C=O) groups is 3. The average Bonchev–Trinajstić information content (AvgIpc) is 3.04. The second-order valence-electron chi connectivity index (χ2n) is 10.1. The number of halogens is 3. The Morgan fingerprint density at radius 2 is 1.73 bits per heavy atom. The van der Waals surface area contributed by atoms with Gasteiger partial charge in [-0.05, 0) is 68.3 Å². The molecule has 1 aliphatic rings. The predicted octanol–water partition coefficient (Wildman–Crippen LogP) is 6.35. The predicted molar refractivity (Wildman–Crippen MR) is 181 cm³/mol. The lowest BCUT2D eigenvalue weighted by molar-refractivity contribution is -0.139. The highest BCUT2D eigenvalue weighted by atomic mass is 35.5. The number of benzene rings is 3. The van der Waals surface area contributed by atoms with Crippen LogP contribution in [-0.4, -0.2) is 51.1 Å². The molecule has 0 saturated heterocycles. The Kier molecular flexibility index (Phi) is 12.8. The summed E-state index contributed by atoms with van der Waals surface area (Å²) in [5.41, 5.74) is 4.82. The van der Waals surface area contributed by atoms with Gasteiger partial charge in [0, 0.05) is 21.3 Å². The maximum atomic E-state index is 12.6. The van der Waals surface area contributed by atoms with Gasteiger partial charge in [-0.2, -0.15) is 5.10 Å². The summed E-state index contributed by atoms with van der Waals surface area (Å²) in [4.78, 5) is 37.4. The van der Waals surface area contributed by atoms with E-state index in [0.29, 0.717) is 45.0 Å². The molecule has 1 atom stereocenters. The van der Waals surface area contributed by atoms with E-state index in [-0.39, 0.29) is 35.3 Å². The van der Waals surface area contributed by atoms with Gasteiger partial charge < -0.3 is 34.3 Å². The molecule has 3 aromatic carbocycles. The average molecular weight is 720 g/mol. The molecule has 0 spiro atoms. The molecule has 0 unspecified atom stereocenters. The fraction of sp³-hybridized carbons (Fsp3) is 0.273. The lowest BCUT2D eigenvalue weighted by Crippen LogP contribution is -2.45. The summed E-state index contributed by atoms with van der Waals surface area (Å²) < 4.78 is 28.0. The number of hydrazone groups is 1. The van der Waals surface area contributed by atoms with Gasteiger partial charge in [-0.3, -0.25) is 4.79 Å². The van der Waals surface area contributed by atoms with Crippen molar-refractivity contribution in [1.29, 1.82) is 0 Å². The first-order chi connectivity index (χ1) is 23.0. The molecule has 0 radical (unpaired) electrons. The van der Waals surface area contributed by atoms with E-state index in [4.69, 9.17) is 58.5 Å². The van der Waals surface area contributed by atoms with Crippen molar-refractivity contribution in [3.63, 3.8) is 0 Å². The Balaban J connectivity index is 1.39. The van der Waals surface area contributed by atoms with Gasteiger partial charge in [-0.15, -0.1) is 0 Å². The van der Waals surface area contributed by atoms with Crippen molar-refractivity contribution in [3.05, 3.63) is 91.6 Å². The maximum Gasteiger partial charge on any atom is 0.338 e. The minimum atomic E-state index is -0.794. The molecule has 0 bridgehead atoms. The zero-order valence-electron chi connectivity index (χ0n) is 26.4. The number of carbonyl (C=O) groups excluding carboxylic acids is 3. The molecular formula is C33H33Cl3N4O8. The van der Waals surface area contributed by atoms with Crippen LogP contribution in [0.5, 0.6) is 23.0 Å². The number of rotatable bonds is 14. The van der Waals surface area contributed by atoms with Crippen LogP contribution in [0.15, 0.2) is 64.9 Å². The highest BCUT2D eigenvalue weighted by Crippen LogP contribution is 2.38. The first kappa shape index (κ1) is 36.2. The summed E-state index contributed by atoms with van der Waals surface area (Å²) in [5.74, 6) is 0.112. The van der Waals surface area contributed by atoms with Crippen molar-refractivity contribution >= 4 is 58.9 Å². The number of hydrogen-bond acceptors (Lipinski definition) is 9. The van der Waals surface area contributed by atoms with Gasteiger partial charge in [-0.25, -0.2) is 15.0 Å². The molecule has 3 aromatic rings. The van der Waals surface area contributed by atoms with Crippen LogP contribution in [0.2, 0.25) is 15.1 Å². The monoisotopic (exact) mass is 718 g/mol. The third kappa shape index (κ3) is 9.24. The number of hydrogen-bond donors (Lipinski definition) is 3. The molecule has 0 aliphatic carbocycles. The summed E-state index contributed by atoms with van der Waals surface area (Å²) in [6.45, 7) is 5.39. The normalized spacial score (nSPS) is 14.2. The molecule has 4 rings (SSSR count). The lowest BCUT2D eigenvalue weighted by atomic mass is 9.95. The topological polar surface area (TPSA) is 146 Å². The van der Waals surface area contributed by atoms with E-state index < -0.39 is 30.6 Å². The van der Waals surface area contributed by atoms with Crippen LogP contribution in [0.4, 0.5) is 4.79 Å². The molecule has 254 valence electrons. The maximum absolute atomic E-state index is 12.6. The number of allylic oxidation sites excluding steroid dienone is 1. The van der Waals surface area contributed by atoms with Crippen LogP contribution >= 0.6 is 34.8 Å². The minimum Gasteiger partial charge on any atom is -0.493 e. The number of nitrogens with zero attached hydrogens (tertiary/aromatic N) is 1. The molecule has 3 N–H and O–H groups in total. The smallest absolute Gasteiger partial charge is 0.338 e. The number of nitrogens with one attached hydrogen (secondary N) is 3. The summed E-state index contributed by atoms with van der Waals surface area (Å²) in [5, 5.41) is 10.5. The van der Waals surface area contributed by atoms with Gasteiger partial charge in [0.25, 0.3) is 5.91 Å². The molecule has 15 heteroatoms. The van der Waals surface area contributed by atoms with Crippen LogP contribution in [0.1, 0.15) is 43.5 Å². The van der Waals surface area contributed by atoms with E-state index >= 15 is 0 Å². The lowest BCUT2D eigenvalue weighted by Gasteiger charge is -2.28. The fourth-order valence-electron chi connectivity index (χ4n) is 4.61. The Hall–Kier alpha value is -4.65. The number of methoxy groups -OCH3 is 1. The van der Waals surface area contributed by atoms with Crippen molar-refractivity contribution in [2.45, 2.75) is 33.4 Å². The number of ether oxygens (including phenoxy) is 5. The van der Waals surface area contributed by atoms with Crippen molar-refractivity contribution in [3.8, 4) is 23.0 Å².